The molecule has 0 bridgehead atoms. The smallest absolute Gasteiger partial charge is 0.311 e. The Morgan fingerprint density at radius 1 is 0.900 bits per heavy atom. The fourth-order valence-electron chi connectivity index (χ4n) is 7.79. The van der Waals surface area contributed by atoms with E-state index in [0.717, 1.165) is 53.4 Å². The van der Waals surface area contributed by atoms with Gasteiger partial charge in [-0.05, 0) is 96.2 Å². The minimum Gasteiger partial charge on any atom is -0.427 e. The van der Waals surface area contributed by atoms with Crippen LogP contribution in [-0.4, -0.2) is 40.9 Å². The zero-order chi connectivity index (χ0) is 35.3. The number of piperidine rings is 1. The Morgan fingerprint density at radius 2 is 1.62 bits per heavy atom. The molecule has 1 atom stereocenters. The zero-order valence-electron chi connectivity index (χ0n) is 28.6. The molecule has 1 heterocycles. The summed E-state index contributed by atoms with van der Waals surface area (Å²) in [6.45, 7) is 5.00. The predicted molar refractivity (Wildman–Crippen MR) is 190 cm³/mol. The minimum absolute atomic E-state index is 0.0347. The fourth-order valence-corrected chi connectivity index (χ4v) is 7.79. The lowest BCUT2D eigenvalue weighted by atomic mass is 9.77. The van der Waals surface area contributed by atoms with Gasteiger partial charge in [0.2, 0.25) is 5.91 Å². The lowest BCUT2D eigenvalue weighted by Gasteiger charge is -2.39. The van der Waals surface area contributed by atoms with Crippen molar-refractivity contribution in [3.05, 3.63) is 117 Å². The Balaban J connectivity index is 1.22. The second kappa shape index (κ2) is 15.1. The zero-order valence-corrected chi connectivity index (χ0v) is 28.6. The Hall–Kier alpha value is -5.25. The molecule has 2 fully saturated rings. The predicted octanol–water partition coefficient (Wildman–Crippen LogP) is 8.07. The first-order valence-electron chi connectivity index (χ1n) is 17.3. The van der Waals surface area contributed by atoms with Gasteiger partial charge in [-0.25, -0.2) is 0 Å². The maximum absolute atomic E-state index is 14.0. The number of aryl methyl sites for hydroxylation is 2. The van der Waals surface area contributed by atoms with Gasteiger partial charge in [0.25, 0.3) is 11.0 Å². The number of carbonyl (C=O) groups is 3. The van der Waals surface area contributed by atoms with Crippen molar-refractivity contribution in [2.45, 2.75) is 77.7 Å². The Morgan fingerprint density at radius 3 is 2.38 bits per heavy atom. The first-order valence-corrected chi connectivity index (χ1v) is 17.3. The minimum atomic E-state index is -0.881. The van der Waals surface area contributed by atoms with Crippen LogP contribution in [0.3, 0.4) is 0 Å². The second-order valence-corrected chi connectivity index (χ2v) is 13.8. The van der Waals surface area contributed by atoms with Crippen molar-refractivity contribution in [1.82, 2.24) is 4.90 Å². The Kier molecular flexibility index (Phi) is 10.5. The van der Waals surface area contributed by atoms with Crippen molar-refractivity contribution < 1.29 is 29.0 Å². The van der Waals surface area contributed by atoms with Gasteiger partial charge in [-0.3, -0.25) is 14.4 Å². The number of hydrogen-bond acceptors (Lipinski definition) is 7. The van der Waals surface area contributed by atoms with Gasteiger partial charge in [0.15, 0.2) is 0 Å². The molecule has 0 aromatic heterocycles. The van der Waals surface area contributed by atoms with Crippen molar-refractivity contribution in [1.29, 1.82) is 0 Å². The van der Waals surface area contributed by atoms with Crippen LogP contribution in [0.2, 0.25) is 0 Å². The van der Waals surface area contributed by atoms with Crippen molar-refractivity contribution in [3.8, 4) is 5.75 Å². The summed E-state index contributed by atoms with van der Waals surface area (Å²) in [6.07, 6.45) is 6.93. The SMILES string of the molecule is Cc1cc(C)c(NC(=O)C[C@@H](CC(=O)Oc2cccc(CO[N+](=O)[O-])c2)c2cccc3ccccc23)c(C(=O)N2CCC3(CCCC3)CC2)c1. The third-order valence-corrected chi connectivity index (χ3v) is 10.3. The quantitative estimate of drug-likeness (QED) is 0.0736. The van der Waals surface area contributed by atoms with Gasteiger partial charge in [-0.2, -0.15) is 0 Å². The molecular formula is C40H43N3O7. The van der Waals surface area contributed by atoms with Gasteiger partial charge in [0.05, 0.1) is 17.7 Å². The van der Waals surface area contributed by atoms with Crippen LogP contribution in [-0.2, 0) is 21.0 Å². The number of benzene rings is 4. The number of anilines is 1. The highest BCUT2D eigenvalue weighted by Gasteiger charge is 2.38. The molecule has 4 aromatic rings. The molecule has 1 aliphatic carbocycles. The summed E-state index contributed by atoms with van der Waals surface area (Å²) in [5.74, 6) is -1.28. The van der Waals surface area contributed by atoms with Crippen molar-refractivity contribution in [2.75, 3.05) is 18.4 Å². The third-order valence-electron chi connectivity index (χ3n) is 10.3. The maximum atomic E-state index is 14.0. The van der Waals surface area contributed by atoms with Crippen LogP contribution in [0.4, 0.5) is 5.69 Å². The first-order chi connectivity index (χ1) is 24.1. The number of rotatable bonds is 11. The summed E-state index contributed by atoms with van der Waals surface area (Å²) in [6, 6.07) is 23.8. The van der Waals surface area contributed by atoms with Crippen LogP contribution >= 0.6 is 0 Å². The third kappa shape index (κ3) is 8.13. The van der Waals surface area contributed by atoms with E-state index in [1.165, 1.54) is 31.7 Å². The van der Waals surface area contributed by atoms with Crippen LogP contribution in [0, 0.1) is 29.4 Å². The lowest BCUT2D eigenvalue weighted by molar-refractivity contribution is -0.763. The van der Waals surface area contributed by atoms with E-state index >= 15 is 0 Å². The fraction of sp³-hybridized carbons (Fsp3) is 0.375. The van der Waals surface area contributed by atoms with E-state index in [2.05, 4.69) is 10.2 Å². The molecule has 6 rings (SSSR count). The van der Waals surface area contributed by atoms with Crippen LogP contribution in [0.5, 0.6) is 5.75 Å². The van der Waals surface area contributed by atoms with E-state index in [1.807, 2.05) is 73.3 Å². The topological polar surface area (TPSA) is 128 Å². The largest absolute Gasteiger partial charge is 0.427 e. The monoisotopic (exact) mass is 677 g/mol. The van der Waals surface area contributed by atoms with Gasteiger partial charge in [0.1, 0.15) is 12.4 Å². The summed E-state index contributed by atoms with van der Waals surface area (Å²) in [7, 11) is 0. The number of carbonyl (C=O) groups excluding carboxylic acids is 3. The summed E-state index contributed by atoms with van der Waals surface area (Å²) in [5, 5.41) is 14.7. The van der Waals surface area contributed by atoms with Crippen LogP contribution in [0.1, 0.15) is 89.9 Å². The molecule has 1 spiro atoms. The van der Waals surface area contributed by atoms with Gasteiger partial charge < -0.3 is 19.8 Å². The summed E-state index contributed by atoms with van der Waals surface area (Å²) in [4.78, 5) is 58.4. The standard InChI is InChI=1S/C40H43N3O7/c1-27-21-28(2)38(35(22-27)39(46)42-19-17-40(18-20-42)15-5-6-16-40)41-36(44)24-31(34-14-8-11-30-10-3-4-13-33(30)34)25-37(45)50-32-12-7-9-29(23-32)26-49-43(47)48/h3-4,7-14,21-23,31H,5-6,15-20,24-26H2,1-2H3,(H,41,44)/t31-/m0/s1. The normalized spacial score (nSPS) is 15.8. The first kappa shape index (κ1) is 34.6. The Bertz CT molecular complexity index is 1900. The van der Waals surface area contributed by atoms with Crippen LogP contribution < -0.4 is 10.1 Å². The molecule has 0 unspecified atom stereocenters. The highest BCUT2D eigenvalue weighted by Crippen LogP contribution is 2.46. The number of amides is 2. The number of fused-ring (bicyclic) bond motifs is 1. The van der Waals surface area contributed by atoms with E-state index in [0.29, 0.717) is 22.2 Å². The molecular weight excluding hydrogens is 634 g/mol. The Labute approximate surface area is 291 Å². The molecule has 10 nitrogen and oxygen atoms in total. The molecule has 2 amide bonds. The number of nitrogens with one attached hydrogen (secondary N) is 1. The molecule has 0 radical (unpaired) electrons. The van der Waals surface area contributed by atoms with Crippen LogP contribution in [0.25, 0.3) is 10.8 Å². The molecule has 260 valence electrons. The summed E-state index contributed by atoms with van der Waals surface area (Å²) < 4.78 is 5.66. The molecule has 1 saturated carbocycles. The number of likely N-dealkylation sites (tertiary alicyclic amines) is 1. The number of esters is 1. The van der Waals surface area contributed by atoms with Gasteiger partial charge in [0, 0.05) is 25.4 Å². The average Bonchev–Trinajstić information content (AvgIpc) is 3.55. The number of ether oxygens (including phenoxy) is 1. The van der Waals surface area contributed by atoms with Crippen molar-refractivity contribution >= 4 is 34.2 Å². The number of hydrogen-bond donors (Lipinski definition) is 1. The van der Waals surface area contributed by atoms with Crippen LogP contribution in [0.15, 0.2) is 78.9 Å². The molecule has 1 aliphatic heterocycles. The lowest BCUT2D eigenvalue weighted by Crippen LogP contribution is -2.42. The number of nitrogens with zero attached hydrogens (tertiary/aromatic N) is 2. The van der Waals surface area contributed by atoms with Gasteiger partial charge in [-0.1, -0.05) is 73.5 Å². The summed E-state index contributed by atoms with van der Waals surface area (Å²) in [5.41, 5.74) is 4.40. The molecule has 50 heavy (non-hydrogen) atoms. The van der Waals surface area contributed by atoms with Gasteiger partial charge >= 0.3 is 5.97 Å². The van der Waals surface area contributed by atoms with E-state index < -0.39 is 17.0 Å². The second-order valence-electron chi connectivity index (χ2n) is 13.8. The highest BCUT2D eigenvalue weighted by molar-refractivity contribution is 6.05. The average molecular weight is 678 g/mol. The van der Waals surface area contributed by atoms with E-state index in [9.17, 15) is 24.5 Å². The van der Waals surface area contributed by atoms with Crippen molar-refractivity contribution in [2.24, 2.45) is 5.41 Å². The molecule has 10 heteroatoms. The van der Waals surface area contributed by atoms with E-state index in [1.54, 1.807) is 18.2 Å². The molecule has 2 aliphatic rings. The highest BCUT2D eigenvalue weighted by atomic mass is 16.9. The molecule has 4 aromatic carbocycles. The van der Waals surface area contributed by atoms with E-state index in [4.69, 9.17) is 4.74 Å². The summed E-state index contributed by atoms with van der Waals surface area (Å²) >= 11 is 0. The van der Waals surface area contributed by atoms with Gasteiger partial charge in [-0.15, -0.1) is 10.1 Å². The maximum Gasteiger partial charge on any atom is 0.311 e. The van der Waals surface area contributed by atoms with Crippen molar-refractivity contribution in [3.63, 3.8) is 0 Å². The molecule has 1 N–H and O–H groups in total. The van der Waals surface area contributed by atoms with E-state index in [-0.39, 0.29) is 37.0 Å². The molecule has 1 saturated heterocycles.